The highest BCUT2D eigenvalue weighted by molar-refractivity contribution is 5.81. The zero-order chi connectivity index (χ0) is 11.8. The van der Waals surface area contributed by atoms with E-state index in [1.165, 1.54) is 0 Å². The third kappa shape index (κ3) is 2.13. The van der Waals surface area contributed by atoms with Crippen molar-refractivity contribution in [1.29, 1.82) is 0 Å². The van der Waals surface area contributed by atoms with Crippen LogP contribution in [0.5, 0.6) is 0 Å². The molecule has 4 heteroatoms. The fraction of sp³-hybridized carbons (Fsp3) is 0.909. The maximum atomic E-state index is 12.6. The Labute approximate surface area is 89.0 Å². The Kier molecular flexibility index (Phi) is 3.36. The molecule has 2 unspecified atom stereocenters. The molecule has 0 bridgehead atoms. The van der Waals surface area contributed by atoms with E-state index in [2.05, 4.69) is 0 Å². The average Bonchev–Trinajstić information content (AvgIpc) is 2.77. The summed E-state index contributed by atoms with van der Waals surface area (Å²) in [6, 6.07) is 0. The molecule has 1 aliphatic carbocycles. The van der Waals surface area contributed by atoms with Crippen molar-refractivity contribution >= 4 is 5.97 Å². The molecule has 0 aliphatic heterocycles. The average molecular weight is 220 g/mol. The van der Waals surface area contributed by atoms with E-state index in [-0.39, 0.29) is 18.4 Å². The van der Waals surface area contributed by atoms with Gasteiger partial charge in [0.1, 0.15) is 0 Å². The molecule has 1 fully saturated rings. The molecule has 88 valence electrons. The van der Waals surface area contributed by atoms with Gasteiger partial charge in [0.25, 0.3) is 0 Å². The highest BCUT2D eigenvalue weighted by Crippen LogP contribution is 2.61. The van der Waals surface area contributed by atoms with Crippen molar-refractivity contribution in [2.45, 2.75) is 46.6 Å². The monoisotopic (exact) mass is 220 g/mol. The van der Waals surface area contributed by atoms with Gasteiger partial charge in [0, 0.05) is 5.92 Å². The summed E-state index contributed by atoms with van der Waals surface area (Å²) >= 11 is 0. The molecule has 0 radical (unpaired) electrons. The molecule has 1 aliphatic rings. The Balaban J connectivity index is 2.74. The molecule has 1 rings (SSSR count). The zero-order valence-corrected chi connectivity index (χ0v) is 9.59. The number of rotatable bonds is 4. The Morgan fingerprint density at radius 3 is 2.13 bits per heavy atom. The van der Waals surface area contributed by atoms with Crippen LogP contribution in [-0.2, 0) is 9.53 Å². The van der Waals surface area contributed by atoms with Crippen molar-refractivity contribution in [2.75, 3.05) is 0 Å². The minimum absolute atomic E-state index is 0.0947. The van der Waals surface area contributed by atoms with Crippen molar-refractivity contribution in [3.63, 3.8) is 0 Å². The van der Waals surface area contributed by atoms with Crippen LogP contribution in [0.25, 0.3) is 0 Å². The van der Waals surface area contributed by atoms with E-state index in [1.807, 2.05) is 0 Å². The van der Waals surface area contributed by atoms with Crippen LogP contribution >= 0.6 is 0 Å². The minimum atomic E-state index is -2.42. The molecule has 0 heterocycles. The van der Waals surface area contributed by atoms with Crippen LogP contribution in [0.4, 0.5) is 8.78 Å². The molecule has 15 heavy (non-hydrogen) atoms. The molecule has 0 N–H and O–H groups in total. The summed E-state index contributed by atoms with van der Waals surface area (Å²) in [5, 5.41) is 0. The lowest BCUT2D eigenvalue weighted by Crippen LogP contribution is -2.30. The normalized spacial score (nSPS) is 30.1. The first kappa shape index (κ1) is 12.4. The summed E-state index contributed by atoms with van der Waals surface area (Å²) in [6.07, 6.45) is -2.41. The SMILES string of the molecule is CC(C)OC(=O)C1(C(C)C)CC1C(F)F. The van der Waals surface area contributed by atoms with Crippen LogP contribution < -0.4 is 0 Å². The fourth-order valence-corrected chi connectivity index (χ4v) is 2.08. The highest BCUT2D eigenvalue weighted by Gasteiger charge is 2.66. The fourth-order valence-electron chi connectivity index (χ4n) is 2.08. The van der Waals surface area contributed by atoms with Gasteiger partial charge in [-0.25, -0.2) is 8.78 Å². The van der Waals surface area contributed by atoms with E-state index in [0.29, 0.717) is 0 Å². The Morgan fingerprint density at radius 2 is 1.87 bits per heavy atom. The van der Waals surface area contributed by atoms with Crippen LogP contribution in [0.2, 0.25) is 0 Å². The van der Waals surface area contributed by atoms with E-state index < -0.39 is 23.7 Å². The summed E-state index contributed by atoms with van der Waals surface area (Å²) in [5.41, 5.74) is -0.932. The van der Waals surface area contributed by atoms with Crippen LogP contribution in [-0.4, -0.2) is 18.5 Å². The van der Waals surface area contributed by atoms with Gasteiger partial charge < -0.3 is 4.74 Å². The summed E-state index contributed by atoms with van der Waals surface area (Å²) in [6.45, 7) is 7.05. The van der Waals surface area contributed by atoms with E-state index >= 15 is 0 Å². The summed E-state index contributed by atoms with van der Waals surface area (Å²) in [4.78, 5) is 11.7. The number of halogens is 2. The molecule has 2 atom stereocenters. The zero-order valence-electron chi connectivity index (χ0n) is 9.59. The number of hydrogen-bond acceptors (Lipinski definition) is 2. The Bertz CT molecular complexity index is 251. The maximum Gasteiger partial charge on any atom is 0.313 e. The number of carbonyl (C=O) groups excluding carboxylic acids is 1. The van der Waals surface area contributed by atoms with Crippen LogP contribution in [0.3, 0.4) is 0 Å². The number of ether oxygens (including phenoxy) is 1. The minimum Gasteiger partial charge on any atom is -0.463 e. The molecular formula is C11H18F2O2. The number of carbonyl (C=O) groups is 1. The molecule has 0 spiro atoms. The quantitative estimate of drug-likeness (QED) is 0.681. The van der Waals surface area contributed by atoms with Crippen LogP contribution in [0.1, 0.15) is 34.1 Å². The first-order chi connectivity index (χ1) is 6.82. The van der Waals surface area contributed by atoms with Crippen LogP contribution in [0, 0.1) is 17.3 Å². The number of hydrogen-bond donors (Lipinski definition) is 0. The Morgan fingerprint density at radius 1 is 1.33 bits per heavy atom. The smallest absolute Gasteiger partial charge is 0.313 e. The molecular weight excluding hydrogens is 202 g/mol. The lowest BCUT2D eigenvalue weighted by atomic mass is 9.90. The second kappa shape index (κ2) is 4.06. The third-order valence-corrected chi connectivity index (χ3v) is 3.12. The second-order valence-corrected chi connectivity index (χ2v) is 4.79. The lowest BCUT2D eigenvalue weighted by Gasteiger charge is -2.21. The van der Waals surface area contributed by atoms with E-state index in [9.17, 15) is 13.6 Å². The maximum absolute atomic E-state index is 12.6. The molecule has 2 nitrogen and oxygen atoms in total. The standard InChI is InChI=1S/C11H18F2O2/c1-6(2)11(5-8(11)9(12)13)10(14)15-7(3)4/h6-9H,5H2,1-4H3. The van der Waals surface area contributed by atoms with Crippen molar-refractivity contribution in [1.82, 2.24) is 0 Å². The topological polar surface area (TPSA) is 26.3 Å². The van der Waals surface area contributed by atoms with Gasteiger partial charge in [0.15, 0.2) is 0 Å². The lowest BCUT2D eigenvalue weighted by molar-refractivity contribution is -0.158. The molecule has 0 aromatic rings. The second-order valence-electron chi connectivity index (χ2n) is 4.79. The first-order valence-electron chi connectivity index (χ1n) is 5.31. The summed E-state index contributed by atoms with van der Waals surface area (Å²) < 4.78 is 30.2. The van der Waals surface area contributed by atoms with E-state index in [0.717, 1.165) is 0 Å². The van der Waals surface area contributed by atoms with Crippen molar-refractivity contribution < 1.29 is 18.3 Å². The largest absolute Gasteiger partial charge is 0.463 e. The summed E-state index contributed by atoms with van der Waals surface area (Å²) in [7, 11) is 0. The van der Waals surface area contributed by atoms with Crippen molar-refractivity contribution in [3.05, 3.63) is 0 Å². The van der Waals surface area contributed by atoms with Crippen molar-refractivity contribution in [2.24, 2.45) is 17.3 Å². The van der Waals surface area contributed by atoms with Gasteiger partial charge in [-0.15, -0.1) is 0 Å². The van der Waals surface area contributed by atoms with Crippen LogP contribution in [0.15, 0.2) is 0 Å². The first-order valence-corrected chi connectivity index (χ1v) is 5.31. The van der Waals surface area contributed by atoms with Gasteiger partial charge in [0.05, 0.1) is 11.5 Å². The van der Waals surface area contributed by atoms with E-state index in [1.54, 1.807) is 27.7 Å². The number of alkyl halides is 2. The van der Waals surface area contributed by atoms with E-state index in [4.69, 9.17) is 4.74 Å². The van der Waals surface area contributed by atoms with Gasteiger partial charge in [-0.2, -0.15) is 0 Å². The van der Waals surface area contributed by atoms with Crippen molar-refractivity contribution in [3.8, 4) is 0 Å². The Hall–Kier alpha value is -0.670. The van der Waals surface area contributed by atoms with Gasteiger partial charge in [0.2, 0.25) is 6.43 Å². The highest BCUT2D eigenvalue weighted by atomic mass is 19.3. The predicted molar refractivity (Wildman–Crippen MR) is 52.6 cm³/mol. The summed E-state index contributed by atoms with van der Waals surface area (Å²) in [5.74, 6) is -1.37. The predicted octanol–water partition coefficient (Wildman–Crippen LogP) is 2.87. The molecule has 0 saturated heterocycles. The van der Waals surface area contributed by atoms with Gasteiger partial charge in [-0.3, -0.25) is 4.79 Å². The number of esters is 1. The van der Waals surface area contributed by atoms with Gasteiger partial charge in [-0.05, 0) is 26.2 Å². The molecule has 1 saturated carbocycles. The third-order valence-electron chi connectivity index (χ3n) is 3.12. The molecule has 0 amide bonds. The van der Waals surface area contributed by atoms with Gasteiger partial charge in [-0.1, -0.05) is 13.8 Å². The molecule has 0 aromatic carbocycles. The molecule has 0 aromatic heterocycles. The van der Waals surface area contributed by atoms with Gasteiger partial charge >= 0.3 is 5.97 Å².